The molecule has 1 nitrogen and oxygen atoms in total. The summed E-state index contributed by atoms with van der Waals surface area (Å²) in [5, 5.41) is 0. The van der Waals surface area contributed by atoms with E-state index in [4.69, 9.17) is 0 Å². The van der Waals surface area contributed by atoms with Gasteiger partial charge in [0.1, 0.15) is 0 Å². The molecule has 0 aromatic carbocycles. The number of carbonyl (C=O) groups excluding carboxylic acids is 1. The van der Waals surface area contributed by atoms with Crippen molar-refractivity contribution < 1.29 is 4.79 Å². The summed E-state index contributed by atoms with van der Waals surface area (Å²) in [6, 6.07) is 0. The predicted molar refractivity (Wildman–Crippen MR) is 53.1 cm³/mol. The third-order valence-electron chi connectivity index (χ3n) is 1.73. The zero-order valence-corrected chi connectivity index (χ0v) is 8.47. The summed E-state index contributed by atoms with van der Waals surface area (Å²) in [5.74, 6) is 0.908. The van der Waals surface area contributed by atoms with Gasteiger partial charge >= 0.3 is 0 Å². The van der Waals surface area contributed by atoms with E-state index in [1.165, 1.54) is 0 Å². The third-order valence-corrected chi connectivity index (χ3v) is 1.73. The molecule has 0 aliphatic heterocycles. The Bertz CT molecular complexity index is 145. The predicted octanol–water partition coefficient (Wildman–Crippen LogP) is 3.35. The van der Waals surface area contributed by atoms with Gasteiger partial charge in [0, 0.05) is 6.42 Å². The number of hydrogen-bond donors (Lipinski definition) is 0. The molecule has 0 bridgehead atoms. The summed E-state index contributed by atoms with van der Waals surface area (Å²) >= 11 is 0. The lowest BCUT2D eigenvalue weighted by Crippen LogP contribution is -1.96. The Morgan fingerprint density at radius 3 is 2.58 bits per heavy atom. The molecule has 0 amide bonds. The minimum atomic E-state index is 0.275. The summed E-state index contributed by atoms with van der Waals surface area (Å²) in [5.41, 5.74) is 0. The number of unbranched alkanes of at least 4 members (excludes halogenated alkanes) is 1. The summed E-state index contributed by atoms with van der Waals surface area (Å²) in [6.45, 7) is 6.40. The first kappa shape index (κ1) is 11.4. The van der Waals surface area contributed by atoms with Crippen LogP contribution in [0.5, 0.6) is 0 Å². The van der Waals surface area contributed by atoms with E-state index in [0.717, 1.165) is 19.3 Å². The molecule has 0 unspecified atom stereocenters. The molecule has 0 atom stereocenters. The standard InChI is InChI=1S/C11H20O/c1-4-5-6-7-11(12)9-8-10(2)3/h6-7,10H,4-5,8-9H2,1-3H3/b7-6+. The van der Waals surface area contributed by atoms with Gasteiger partial charge in [-0.25, -0.2) is 0 Å². The Labute approximate surface area is 75.9 Å². The highest BCUT2D eigenvalue weighted by molar-refractivity contribution is 5.89. The van der Waals surface area contributed by atoms with E-state index in [-0.39, 0.29) is 5.78 Å². The molecule has 0 spiro atoms. The fraction of sp³-hybridized carbons (Fsp3) is 0.727. The second-order valence-corrected chi connectivity index (χ2v) is 3.59. The van der Waals surface area contributed by atoms with Gasteiger partial charge in [0.15, 0.2) is 5.78 Å². The maximum absolute atomic E-state index is 11.1. The number of rotatable bonds is 6. The van der Waals surface area contributed by atoms with Gasteiger partial charge in [-0.05, 0) is 24.8 Å². The SMILES string of the molecule is CCC/C=C/C(=O)CCC(C)C. The van der Waals surface area contributed by atoms with Crippen molar-refractivity contribution in [1.29, 1.82) is 0 Å². The molecule has 70 valence electrons. The topological polar surface area (TPSA) is 17.1 Å². The van der Waals surface area contributed by atoms with E-state index in [1.54, 1.807) is 6.08 Å². The number of ketones is 1. The second kappa shape index (κ2) is 7.08. The molecule has 0 aliphatic carbocycles. The maximum atomic E-state index is 11.1. The fourth-order valence-corrected chi connectivity index (χ4v) is 0.896. The van der Waals surface area contributed by atoms with Gasteiger partial charge in [-0.1, -0.05) is 33.3 Å². The minimum Gasteiger partial charge on any atom is -0.295 e. The van der Waals surface area contributed by atoms with Crippen molar-refractivity contribution >= 4 is 5.78 Å². The lowest BCUT2D eigenvalue weighted by molar-refractivity contribution is -0.114. The van der Waals surface area contributed by atoms with Gasteiger partial charge in [-0.15, -0.1) is 0 Å². The van der Waals surface area contributed by atoms with Crippen molar-refractivity contribution in [3.63, 3.8) is 0 Å². The van der Waals surface area contributed by atoms with Gasteiger partial charge in [0.05, 0.1) is 0 Å². The average Bonchev–Trinajstić information content (AvgIpc) is 2.01. The third kappa shape index (κ3) is 7.52. The summed E-state index contributed by atoms with van der Waals surface area (Å²) in [7, 11) is 0. The molecule has 12 heavy (non-hydrogen) atoms. The molecule has 0 aromatic rings. The van der Waals surface area contributed by atoms with Crippen LogP contribution in [0.15, 0.2) is 12.2 Å². The lowest BCUT2D eigenvalue weighted by atomic mass is 10.1. The van der Waals surface area contributed by atoms with E-state index in [1.807, 2.05) is 6.08 Å². The molecule has 0 aliphatic rings. The largest absolute Gasteiger partial charge is 0.295 e. The lowest BCUT2D eigenvalue weighted by Gasteiger charge is -1.99. The molecule has 1 heteroatoms. The normalized spacial score (nSPS) is 11.3. The van der Waals surface area contributed by atoms with E-state index in [2.05, 4.69) is 20.8 Å². The van der Waals surface area contributed by atoms with Gasteiger partial charge in [-0.2, -0.15) is 0 Å². The van der Waals surface area contributed by atoms with Crippen LogP contribution >= 0.6 is 0 Å². The van der Waals surface area contributed by atoms with Gasteiger partial charge < -0.3 is 0 Å². The van der Waals surface area contributed by atoms with E-state index in [0.29, 0.717) is 12.3 Å². The monoisotopic (exact) mass is 168 g/mol. The Kier molecular flexibility index (Phi) is 6.73. The first-order valence-corrected chi connectivity index (χ1v) is 4.86. The summed E-state index contributed by atoms with van der Waals surface area (Å²) in [6.07, 6.45) is 7.56. The zero-order chi connectivity index (χ0) is 9.40. The molecule has 0 saturated heterocycles. The van der Waals surface area contributed by atoms with Crippen molar-refractivity contribution in [3.05, 3.63) is 12.2 Å². The highest BCUT2D eigenvalue weighted by atomic mass is 16.1. The molecular weight excluding hydrogens is 148 g/mol. The molecule has 0 N–H and O–H groups in total. The van der Waals surface area contributed by atoms with Crippen LogP contribution in [-0.2, 0) is 4.79 Å². The molecular formula is C11H20O. The van der Waals surface area contributed by atoms with Crippen molar-refractivity contribution in [3.8, 4) is 0 Å². The van der Waals surface area contributed by atoms with Crippen LogP contribution in [0.3, 0.4) is 0 Å². The smallest absolute Gasteiger partial charge is 0.155 e. The van der Waals surface area contributed by atoms with Crippen molar-refractivity contribution in [2.75, 3.05) is 0 Å². The molecule has 0 heterocycles. The first-order chi connectivity index (χ1) is 5.66. The van der Waals surface area contributed by atoms with Crippen LogP contribution in [0.4, 0.5) is 0 Å². The molecule has 0 fully saturated rings. The van der Waals surface area contributed by atoms with Crippen LogP contribution in [-0.4, -0.2) is 5.78 Å². The van der Waals surface area contributed by atoms with Gasteiger partial charge in [0.2, 0.25) is 0 Å². The average molecular weight is 168 g/mol. The number of carbonyl (C=O) groups is 1. The van der Waals surface area contributed by atoms with Crippen molar-refractivity contribution in [1.82, 2.24) is 0 Å². The van der Waals surface area contributed by atoms with Crippen LogP contribution in [0.2, 0.25) is 0 Å². The number of hydrogen-bond acceptors (Lipinski definition) is 1. The molecule has 0 radical (unpaired) electrons. The summed E-state index contributed by atoms with van der Waals surface area (Å²) < 4.78 is 0. The highest BCUT2D eigenvalue weighted by Gasteiger charge is 1.98. The molecule has 0 saturated carbocycles. The van der Waals surface area contributed by atoms with Crippen LogP contribution in [0.1, 0.15) is 46.5 Å². The van der Waals surface area contributed by atoms with Gasteiger partial charge in [-0.3, -0.25) is 4.79 Å². The van der Waals surface area contributed by atoms with E-state index < -0.39 is 0 Å². The van der Waals surface area contributed by atoms with E-state index in [9.17, 15) is 4.79 Å². The van der Waals surface area contributed by atoms with Crippen LogP contribution in [0.25, 0.3) is 0 Å². The van der Waals surface area contributed by atoms with Crippen LogP contribution < -0.4 is 0 Å². The Balaban J connectivity index is 3.46. The Hall–Kier alpha value is -0.590. The van der Waals surface area contributed by atoms with E-state index >= 15 is 0 Å². The Morgan fingerprint density at radius 2 is 2.08 bits per heavy atom. The quantitative estimate of drug-likeness (QED) is 0.556. The van der Waals surface area contributed by atoms with Crippen molar-refractivity contribution in [2.45, 2.75) is 46.5 Å². The highest BCUT2D eigenvalue weighted by Crippen LogP contribution is 2.04. The fourth-order valence-electron chi connectivity index (χ4n) is 0.896. The molecule has 0 aromatic heterocycles. The van der Waals surface area contributed by atoms with Gasteiger partial charge in [0.25, 0.3) is 0 Å². The Morgan fingerprint density at radius 1 is 1.42 bits per heavy atom. The second-order valence-electron chi connectivity index (χ2n) is 3.59. The number of allylic oxidation sites excluding steroid dienone is 2. The minimum absolute atomic E-state index is 0.275. The maximum Gasteiger partial charge on any atom is 0.155 e. The van der Waals surface area contributed by atoms with Crippen LogP contribution in [0, 0.1) is 5.92 Å². The molecule has 0 rings (SSSR count). The van der Waals surface area contributed by atoms with Crippen molar-refractivity contribution in [2.24, 2.45) is 5.92 Å². The summed E-state index contributed by atoms with van der Waals surface area (Å²) in [4.78, 5) is 11.1. The first-order valence-electron chi connectivity index (χ1n) is 4.86. The zero-order valence-electron chi connectivity index (χ0n) is 8.47.